The van der Waals surface area contributed by atoms with E-state index < -0.39 is 5.97 Å². The maximum Gasteiger partial charge on any atom is 0.306 e. The molecule has 2 N–H and O–H groups in total. The molecule has 0 aromatic heterocycles. The van der Waals surface area contributed by atoms with Crippen LogP contribution in [0.5, 0.6) is 0 Å². The molecule has 0 bridgehead atoms. The van der Waals surface area contributed by atoms with Crippen molar-refractivity contribution in [1.29, 1.82) is 0 Å². The number of likely N-dealkylation sites (tertiary alicyclic amines) is 1. The van der Waals surface area contributed by atoms with E-state index in [9.17, 15) is 9.59 Å². The Bertz CT molecular complexity index is 346. The summed E-state index contributed by atoms with van der Waals surface area (Å²) in [5.41, 5.74) is 0. The van der Waals surface area contributed by atoms with Crippen molar-refractivity contribution >= 4 is 11.9 Å². The molecule has 1 aliphatic heterocycles. The predicted molar refractivity (Wildman–Crippen MR) is 83.1 cm³/mol. The van der Waals surface area contributed by atoms with Gasteiger partial charge in [0.15, 0.2) is 0 Å². The minimum atomic E-state index is -0.732. The number of carbonyl (C=O) groups is 2. The normalized spacial score (nSPS) is 21.9. The van der Waals surface area contributed by atoms with Crippen molar-refractivity contribution in [3.8, 4) is 0 Å². The molecule has 0 aromatic rings. The Hall–Kier alpha value is -1.10. The van der Waals surface area contributed by atoms with Gasteiger partial charge in [0.05, 0.1) is 12.5 Å². The predicted octanol–water partition coefficient (Wildman–Crippen LogP) is 2.26. The molecule has 1 amide bonds. The highest BCUT2D eigenvalue weighted by atomic mass is 16.4. The van der Waals surface area contributed by atoms with E-state index in [1.165, 1.54) is 6.42 Å². The quantitative estimate of drug-likeness (QED) is 0.721. The number of hydrogen-bond acceptors (Lipinski definition) is 3. The van der Waals surface area contributed by atoms with E-state index in [2.05, 4.69) is 19.2 Å². The summed E-state index contributed by atoms with van der Waals surface area (Å²) in [4.78, 5) is 24.9. The first-order valence-electron chi connectivity index (χ1n) is 8.17. The third kappa shape index (κ3) is 6.46. The van der Waals surface area contributed by atoms with Gasteiger partial charge in [0.2, 0.25) is 5.91 Å². The lowest BCUT2D eigenvalue weighted by Gasteiger charge is -2.33. The highest BCUT2D eigenvalue weighted by Crippen LogP contribution is 2.16. The van der Waals surface area contributed by atoms with Gasteiger partial charge in [0, 0.05) is 18.6 Å². The first-order chi connectivity index (χ1) is 9.91. The van der Waals surface area contributed by atoms with Crippen LogP contribution in [0.25, 0.3) is 0 Å². The molecular weight excluding hydrogens is 268 g/mol. The minimum Gasteiger partial charge on any atom is -0.481 e. The van der Waals surface area contributed by atoms with Crippen LogP contribution in [0.3, 0.4) is 0 Å². The molecule has 0 spiro atoms. The molecular formula is C16H30N2O3. The summed E-state index contributed by atoms with van der Waals surface area (Å²) in [7, 11) is 0. The van der Waals surface area contributed by atoms with Gasteiger partial charge in [0.25, 0.3) is 0 Å². The third-order valence-corrected chi connectivity index (χ3v) is 4.42. The molecule has 3 unspecified atom stereocenters. The monoisotopic (exact) mass is 298 g/mol. The van der Waals surface area contributed by atoms with E-state index in [4.69, 9.17) is 5.11 Å². The van der Waals surface area contributed by atoms with Crippen LogP contribution in [0.2, 0.25) is 0 Å². The van der Waals surface area contributed by atoms with Crippen molar-refractivity contribution < 1.29 is 14.7 Å². The highest BCUT2D eigenvalue weighted by Gasteiger charge is 2.22. The Morgan fingerprint density at radius 1 is 1.29 bits per heavy atom. The summed E-state index contributed by atoms with van der Waals surface area (Å²) in [6, 6.07) is 0.606. The molecule has 1 fully saturated rings. The van der Waals surface area contributed by atoms with Crippen LogP contribution in [0.15, 0.2) is 0 Å². The van der Waals surface area contributed by atoms with Gasteiger partial charge in [-0.15, -0.1) is 0 Å². The Morgan fingerprint density at radius 2 is 2.00 bits per heavy atom. The van der Waals surface area contributed by atoms with E-state index >= 15 is 0 Å². The van der Waals surface area contributed by atoms with E-state index in [0.29, 0.717) is 19.0 Å². The zero-order valence-corrected chi connectivity index (χ0v) is 13.6. The lowest BCUT2D eigenvalue weighted by molar-refractivity contribution is -0.141. The zero-order chi connectivity index (χ0) is 15.8. The molecule has 1 aliphatic rings. The summed E-state index contributed by atoms with van der Waals surface area (Å²) < 4.78 is 0. The average Bonchev–Trinajstić information content (AvgIpc) is 2.45. The first-order valence-corrected chi connectivity index (χ1v) is 8.17. The summed E-state index contributed by atoms with van der Waals surface area (Å²) in [6.45, 7) is 7.18. The number of carboxylic acid groups (broad SMARTS) is 1. The Balaban J connectivity index is 2.18. The Kier molecular flexibility index (Phi) is 7.72. The lowest BCUT2D eigenvalue weighted by atomic mass is 10.0. The second kappa shape index (κ2) is 9.03. The smallest absolute Gasteiger partial charge is 0.306 e. The summed E-state index contributed by atoms with van der Waals surface area (Å²) in [5, 5.41) is 12.1. The van der Waals surface area contributed by atoms with E-state index in [1.54, 1.807) is 6.92 Å². The number of hydrogen-bond donors (Lipinski definition) is 2. The van der Waals surface area contributed by atoms with Crippen LogP contribution in [0.1, 0.15) is 59.3 Å². The van der Waals surface area contributed by atoms with Gasteiger partial charge < -0.3 is 15.3 Å². The number of piperidine rings is 1. The van der Waals surface area contributed by atoms with Crippen molar-refractivity contribution in [1.82, 2.24) is 10.2 Å². The summed E-state index contributed by atoms with van der Waals surface area (Å²) in [5.74, 6) is -0.828. The molecule has 122 valence electrons. The number of aliphatic carboxylic acids is 1. The van der Waals surface area contributed by atoms with Crippen LogP contribution in [0, 0.1) is 5.92 Å². The Morgan fingerprint density at radius 3 is 2.62 bits per heavy atom. The largest absolute Gasteiger partial charge is 0.481 e. The fourth-order valence-electron chi connectivity index (χ4n) is 2.79. The van der Waals surface area contributed by atoms with Crippen molar-refractivity contribution in [3.05, 3.63) is 0 Å². The molecule has 0 radical (unpaired) electrons. The third-order valence-electron chi connectivity index (χ3n) is 4.42. The average molecular weight is 298 g/mol. The molecule has 21 heavy (non-hydrogen) atoms. The van der Waals surface area contributed by atoms with Crippen molar-refractivity contribution in [2.45, 2.75) is 71.4 Å². The van der Waals surface area contributed by atoms with Crippen LogP contribution >= 0.6 is 0 Å². The van der Waals surface area contributed by atoms with Gasteiger partial charge in [-0.25, -0.2) is 0 Å². The molecule has 1 saturated heterocycles. The molecule has 0 aromatic carbocycles. The molecule has 1 rings (SSSR count). The van der Waals surface area contributed by atoms with Gasteiger partial charge in [-0.1, -0.05) is 13.3 Å². The number of carboxylic acids is 1. The van der Waals surface area contributed by atoms with Gasteiger partial charge in [-0.3, -0.25) is 9.59 Å². The van der Waals surface area contributed by atoms with Crippen LogP contribution < -0.4 is 5.32 Å². The standard InChI is InChI=1S/C16H30N2O3/c1-12(16(20)21)7-6-8-13(2)17-11-15(19)18-10-5-4-9-14(18)3/h12-14,17H,4-11H2,1-3H3,(H,20,21). The van der Waals surface area contributed by atoms with Gasteiger partial charge >= 0.3 is 5.97 Å². The van der Waals surface area contributed by atoms with Crippen molar-refractivity contribution in [2.75, 3.05) is 13.1 Å². The molecule has 3 atom stereocenters. The Labute approximate surface area is 128 Å². The van der Waals surface area contributed by atoms with Crippen LogP contribution in [-0.2, 0) is 9.59 Å². The molecule has 1 heterocycles. The minimum absolute atomic E-state index is 0.188. The van der Waals surface area contributed by atoms with Gasteiger partial charge in [0.1, 0.15) is 0 Å². The second-order valence-corrected chi connectivity index (χ2v) is 6.38. The number of rotatable bonds is 8. The maximum atomic E-state index is 12.2. The van der Waals surface area contributed by atoms with Crippen LogP contribution in [-0.4, -0.2) is 47.1 Å². The fraction of sp³-hybridized carbons (Fsp3) is 0.875. The maximum absolute atomic E-state index is 12.2. The summed E-state index contributed by atoms with van der Waals surface area (Å²) >= 11 is 0. The highest BCUT2D eigenvalue weighted by molar-refractivity contribution is 5.78. The topological polar surface area (TPSA) is 69.6 Å². The van der Waals surface area contributed by atoms with E-state index in [0.717, 1.165) is 32.2 Å². The molecule has 5 nitrogen and oxygen atoms in total. The van der Waals surface area contributed by atoms with Crippen molar-refractivity contribution in [3.63, 3.8) is 0 Å². The SMILES string of the molecule is CC(CCCC(C)C(=O)O)NCC(=O)N1CCCCC1C. The van der Waals surface area contributed by atoms with Crippen molar-refractivity contribution in [2.24, 2.45) is 5.92 Å². The number of carbonyl (C=O) groups excluding carboxylic acids is 1. The number of amides is 1. The van der Waals surface area contributed by atoms with E-state index in [-0.39, 0.29) is 17.9 Å². The van der Waals surface area contributed by atoms with Crippen LogP contribution in [0.4, 0.5) is 0 Å². The second-order valence-electron chi connectivity index (χ2n) is 6.38. The molecule has 0 saturated carbocycles. The fourth-order valence-corrected chi connectivity index (χ4v) is 2.79. The van der Waals surface area contributed by atoms with E-state index in [1.807, 2.05) is 4.90 Å². The zero-order valence-electron chi connectivity index (χ0n) is 13.6. The molecule has 0 aliphatic carbocycles. The van der Waals surface area contributed by atoms with Gasteiger partial charge in [-0.2, -0.15) is 0 Å². The number of nitrogens with zero attached hydrogens (tertiary/aromatic N) is 1. The first kappa shape index (κ1) is 18.0. The number of nitrogens with one attached hydrogen (secondary N) is 1. The molecule has 5 heteroatoms. The van der Waals surface area contributed by atoms with Gasteiger partial charge in [-0.05, 0) is 46.0 Å². The lowest BCUT2D eigenvalue weighted by Crippen LogP contribution is -2.47. The summed E-state index contributed by atoms with van der Waals surface area (Å²) in [6.07, 6.45) is 5.90.